The van der Waals surface area contributed by atoms with Crippen LogP contribution >= 0.6 is 0 Å². The van der Waals surface area contributed by atoms with E-state index in [2.05, 4.69) is 25.7 Å². The van der Waals surface area contributed by atoms with Crippen LogP contribution in [0.1, 0.15) is 52.9 Å². The second kappa shape index (κ2) is 7.46. The zero-order valence-electron chi connectivity index (χ0n) is 12.7. The van der Waals surface area contributed by atoms with Crippen LogP contribution in [0.3, 0.4) is 0 Å². The van der Waals surface area contributed by atoms with E-state index >= 15 is 0 Å². The van der Waals surface area contributed by atoms with Crippen LogP contribution in [0, 0.1) is 5.92 Å². The highest BCUT2D eigenvalue weighted by molar-refractivity contribution is 4.97. The molecule has 1 aliphatic rings. The van der Waals surface area contributed by atoms with Gasteiger partial charge in [0, 0.05) is 31.8 Å². The van der Waals surface area contributed by atoms with E-state index in [4.69, 9.17) is 10.5 Å². The van der Waals surface area contributed by atoms with Gasteiger partial charge in [-0.1, -0.05) is 13.8 Å². The van der Waals surface area contributed by atoms with E-state index < -0.39 is 0 Å². The van der Waals surface area contributed by atoms with Crippen molar-refractivity contribution >= 4 is 0 Å². The molecule has 0 amide bonds. The SMILES string of the molecule is CCC(C)N(CCOC)C1(CN)CCC(C)CC1. The molecule has 0 radical (unpaired) electrons. The normalized spacial score (nSPS) is 30.7. The lowest BCUT2D eigenvalue weighted by molar-refractivity contribution is -0.00375. The smallest absolute Gasteiger partial charge is 0.0590 e. The van der Waals surface area contributed by atoms with E-state index in [0.29, 0.717) is 6.04 Å². The van der Waals surface area contributed by atoms with Gasteiger partial charge in [0.1, 0.15) is 0 Å². The van der Waals surface area contributed by atoms with Crippen molar-refractivity contribution in [3.05, 3.63) is 0 Å². The lowest BCUT2D eigenvalue weighted by atomic mass is 9.75. The Morgan fingerprint density at radius 2 is 2.00 bits per heavy atom. The van der Waals surface area contributed by atoms with Gasteiger partial charge in [-0.15, -0.1) is 0 Å². The molecular formula is C15H32N2O. The van der Waals surface area contributed by atoms with Gasteiger partial charge in [-0.2, -0.15) is 0 Å². The third-order valence-corrected chi connectivity index (χ3v) is 4.85. The lowest BCUT2D eigenvalue weighted by Crippen LogP contribution is -2.59. The van der Waals surface area contributed by atoms with E-state index in [9.17, 15) is 0 Å². The molecule has 0 aromatic rings. The highest BCUT2D eigenvalue weighted by Gasteiger charge is 2.39. The zero-order valence-corrected chi connectivity index (χ0v) is 12.7. The van der Waals surface area contributed by atoms with Crippen molar-refractivity contribution in [2.24, 2.45) is 11.7 Å². The van der Waals surface area contributed by atoms with Gasteiger partial charge in [0.25, 0.3) is 0 Å². The van der Waals surface area contributed by atoms with Crippen molar-refractivity contribution in [1.29, 1.82) is 0 Å². The molecule has 0 bridgehead atoms. The molecule has 0 aliphatic heterocycles. The third kappa shape index (κ3) is 3.69. The topological polar surface area (TPSA) is 38.5 Å². The Balaban J connectivity index is 2.78. The highest BCUT2D eigenvalue weighted by atomic mass is 16.5. The number of nitrogens with two attached hydrogens (primary N) is 1. The molecule has 1 aliphatic carbocycles. The summed E-state index contributed by atoms with van der Waals surface area (Å²) in [5.41, 5.74) is 6.39. The van der Waals surface area contributed by atoms with E-state index in [1.54, 1.807) is 7.11 Å². The van der Waals surface area contributed by atoms with Crippen LogP contribution in [-0.2, 0) is 4.74 Å². The molecular weight excluding hydrogens is 224 g/mol. The van der Waals surface area contributed by atoms with Crippen LogP contribution in [0.4, 0.5) is 0 Å². The minimum atomic E-state index is 0.223. The Kier molecular flexibility index (Phi) is 6.61. The minimum Gasteiger partial charge on any atom is -0.383 e. The summed E-state index contributed by atoms with van der Waals surface area (Å²) in [5.74, 6) is 0.867. The van der Waals surface area contributed by atoms with Crippen molar-refractivity contribution in [2.75, 3.05) is 26.8 Å². The molecule has 108 valence electrons. The summed E-state index contributed by atoms with van der Waals surface area (Å²) in [7, 11) is 1.78. The molecule has 0 spiro atoms. The summed E-state index contributed by atoms with van der Waals surface area (Å²) in [6.07, 6.45) is 6.31. The lowest BCUT2D eigenvalue weighted by Gasteiger charge is -2.50. The summed E-state index contributed by atoms with van der Waals surface area (Å²) in [4.78, 5) is 2.63. The van der Waals surface area contributed by atoms with Crippen LogP contribution in [0.5, 0.6) is 0 Å². The quantitative estimate of drug-likeness (QED) is 0.761. The van der Waals surface area contributed by atoms with E-state index in [0.717, 1.165) is 25.6 Å². The van der Waals surface area contributed by atoms with Gasteiger partial charge in [0.2, 0.25) is 0 Å². The summed E-state index contributed by atoms with van der Waals surface area (Å²) >= 11 is 0. The van der Waals surface area contributed by atoms with Gasteiger partial charge in [0.05, 0.1) is 6.61 Å². The van der Waals surface area contributed by atoms with Crippen molar-refractivity contribution in [3.8, 4) is 0 Å². The Morgan fingerprint density at radius 3 is 2.44 bits per heavy atom. The summed E-state index contributed by atoms with van der Waals surface area (Å²) < 4.78 is 5.29. The molecule has 3 heteroatoms. The second-order valence-corrected chi connectivity index (χ2v) is 6.05. The molecule has 1 unspecified atom stereocenters. The maximum absolute atomic E-state index is 6.17. The fourth-order valence-electron chi connectivity index (χ4n) is 3.24. The molecule has 0 aromatic heterocycles. The Bertz CT molecular complexity index is 225. The first-order valence-corrected chi connectivity index (χ1v) is 7.55. The Hall–Kier alpha value is -0.120. The standard InChI is InChI=1S/C15H32N2O/c1-5-14(3)17(10-11-18-4)15(12-16)8-6-13(2)7-9-15/h13-14H,5-12,16H2,1-4H3. The summed E-state index contributed by atoms with van der Waals surface area (Å²) in [5, 5.41) is 0. The third-order valence-electron chi connectivity index (χ3n) is 4.85. The fourth-order valence-corrected chi connectivity index (χ4v) is 3.24. The largest absolute Gasteiger partial charge is 0.383 e. The number of rotatable bonds is 7. The zero-order chi connectivity index (χ0) is 13.6. The van der Waals surface area contributed by atoms with Gasteiger partial charge < -0.3 is 10.5 Å². The molecule has 1 fully saturated rings. The molecule has 18 heavy (non-hydrogen) atoms. The van der Waals surface area contributed by atoms with Crippen molar-refractivity contribution in [2.45, 2.75) is 64.5 Å². The van der Waals surface area contributed by atoms with Gasteiger partial charge in [-0.25, -0.2) is 0 Å². The first kappa shape index (κ1) is 15.9. The second-order valence-electron chi connectivity index (χ2n) is 6.05. The number of ether oxygens (including phenoxy) is 1. The van der Waals surface area contributed by atoms with Crippen molar-refractivity contribution in [3.63, 3.8) is 0 Å². The summed E-state index contributed by atoms with van der Waals surface area (Å²) in [6.45, 7) is 9.56. The maximum Gasteiger partial charge on any atom is 0.0590 e. The highest BCUT2D eigenvalue weighted by Crippen LogP contribution is 2.37. The molecule has 3 nitrogen and oxygen atoms in total. The van der Waals surface area contributed by atoms with Crippen LogP contribution in [0.2, 0.25) is 0 Å². The van der Waals surface area contributed by atoms with Crippen LogP contribution in [0.25, 0.3) is 0 Å². The van der Waals surface area contributed by atoms with Crippen LogP contribution in [-0.4, -0.2) is 43.3 Å². The number of nitrogens with zero attached hydrogens (tertiary/aromatic N) is 1. The first-order chi connectivity index (χ1) is 8.59. The van der Waals surface area contributed by atoms with Gasteiger partial charge in [-0.3, -0.25) is 4.90 Å². The monoisotopic (exact) mass is 256 g/mol. The van der Waals surface area contributed by atoms with E-state index in [1.807, 2.05) is 0 Å². The molecule has 1 atom stereocenters. The molecule has 1 rings (SSSR count). The minimum absolute atomic E-state index is 0.223. The predicted octanol–water partition coefficient (Wildman–Crippen LogP) is 2.64. The van der Waals surface area contributed by atoms with Gasteiger partial charge in [-0.05, 0) is 44.9 Å². The van der Waals surface area contributed by atoms with E-state index in [1.165, 1.54) is 32.1 Å². The first-order valence-electron chi connectivity index (χ1n) is 7.55. The number of hydrogen-bond donors (Lipinski definition) is 1. The van der Waals surface area contributed by atoms with E-state index in [-0.39, 0.29) is 5.54 Å². The van der Waals surface area contributed by atoms with Crippen LogP contribution in [0.15, 0.2) is 0 Å². The Morgan fingerprint density at radius 1 is 1.39 bits per heavy atom. The fraction of sp³-hybridized carbons (Fsp3) is 1.00. The average molecular weight is 256 g/mol. The molecule has 0 aromatic carbocycles. The number of methoxy groups -OCH3 is 1. The number of hydrogen-bond acceptors (Lipinski definition) is 3. The molecule has 0 saturated heterocycles. The average Bonchev–Trinajstić information content (AvgIpc) is 2.41. The van der Waals surface area contributed by atoms with Gasteiger partial charge >= 0.3 is 0 Å². The predicted molar refractivity (Wildman–Crippen MR) is 77.8 cm³/mol. The molecule has 1 saturated carbocycles. The molecule has 0 heterocycles. The maximum atomic E-state index is 6.17. The Labute approximate surface area is 113 Å². The van der Waals surface area contributed by atoms with Crippen molar-refractivity contribution in [1.82, 2.24) is 4.90 Å². The van der Waals surface area contributed by atoms with Crippen molar-refractivity contribution < 1.29 is 4.74 Å². The van der Waals surface area contributed by atoms with Gasteiger partial charge in [0.15, 0.2) is 0 Å². The molecule has 2 N–H and O–H groups in total. The van der Waals surface area contributed by atoms with Crippen LogP contribution < -0.4 is 5.73 Å². The summed E-state index contributed by atoms with van der Waals surface area (Å²) in [6, 6.07) is 0.595.